The lowest BCUT2D eigenvalue weighted by Crippen LogP contribution is -2.58. The molecule has 8 heterocycles. The molecule has 2 fully saturated rings. The Morgan fingerprint density at radius 2 is 1.65 bits per heavy atom. The third-order valence-corrected chi connectivity index (χ3v) is 17.2. The molecular formula is C59H67N12O10P. The highest BCUT2D eigenvalue weighted by atomic mass is 31.2. The number of aliphatic hydroxyl groups is 1. The molecule has 22 nitrogen and oxygen atoms in total. The number of benzene rings is 2. The van der Waals surface area contributed by atoms with Crippen LogP contribution in [0.4, 0.5) is 40.1 Å². The SMILES string of the molecule is C=CC(=O)Nc1cc(Nc2nc(-c3ccnc(N4CCn5c(cc6c5CC(C)(C)C6)C4=O)c3CO)cnc2OC)ccc1N1CCN(C2CCN(c3ccc4c(c3)C(=O)N(c3ccnc(C(C)(C)OP(=O)(O)O)c3)C4=O)[C@@H](C)C2)C[C@@H]1C. The first-order valence-electron chi connectivity index (χ1n) is 27.5. The average molecular weight is 1140 g/mol. The fourth-order valence-electron chi connectivity index (χ4n) is 12.7. The second kappa shape index (κ2) is 21.5. The molecule has 4 aliphatic heterocycles. The van der Waals surface area contributed by atoms with Gasteiger partial charge in [-0.3, -0.25) is 38.5 Å². The van der Waals surface area contributed by atoms with Crippen LogP contribution in [0.5, 0.6) is 5.88 Å². The Balaban J connectivity index is 0.762. The minimum atomic E-state index is -4.89. The fourth-order valence-corrected chi connectivity index (χ4v) is 13.3. The van der Waals surface area contributed by atoms with Gasteiger partial charge in [0, 0.05) is 98.0 Å². The van der Waals surface area contributed by atoms with E-state index in [0.29, 0.717) is 59.3 Å². The Kier molecular flexibility index (Phi) is 14.7. The van der Waals surface area contributed by atoms with Crippen molar-refractivity contribution < 1.29 is 47.9 Å². The van der Waals surface area contributed by atoms with Crippen molar-refractivity contribution in [2.75, 3.05) is 70.1 Å². The lowest BCUT2D eigenvalue weighted by atomic mass is 9.90. The number of imide groups is 1. The molecule has 5 N–H and O–H groups in total. The van der Waals surface area contributed by atoms with E-state index in [9.17, 15) is 38.6 Å². The summed E-state index contributed by atoms with van der Waals surface area (Å²) in [6.07, 6.45) is 9.32. The molecule has 1 unspecified atom stereocenters. The zero-order valence-corrected chi connectivity index (χ0v) is 47.8. The van der Waals surface area contributed by atoms with Crippen LogP contribution in [-0.2, 0) is 45.5 Å². The number of nitrogens with one attached hydrogen (secondary N) is 2. The minimum Gasteiger partial charge on any atom is -0.478 e. The van der Waals surface area contributed by atoms with Crippen LogP contribution in [0.3, 0.4) is 0 Å². The number of pyridine rings is 2. The van der Waals surface area contributed by atoms with E-state index in [1.807, 2.05) is 30.3 Å². The van der Waals surface area contributed by atoms with Crippen molar-refractivity contribution in [3.8, 4) is 17.1 Å². The number of carbonyl (C=O) groups excluding carboxylic acids is 4. The van der Waals surface area contributed by atoms with E-state index < -0.39 is 31.8 Å². The Morgan fingerprint density at radius 3 is 2.38 bits per heavy atom. The molecule has 0 saturated carbocycles. The summed E-state index contributed by atoms with van der Waals surface area (Å²) in [6.45, 7) is 19.0. The quantitative estimate of drug-likeness (QED) is 0.0376. The largest absolute Gasteiger partial charge is 0.478 e. The van der Waals surface area contributed by atoms with E-state index in [-0.39, 0.29) is 69.6 Å². The van der Waals surface area contributed by atoms with E-state index in [2.05, 4.69) is 79.1 Å². The van der Waals surface area contributed by atoms with Crippen molar-refractivity contribution in [3.05, 3.63) is 131 Å². The summed E-state index contributed by atoms with van der Waals surface area (Å²) in [7, 11) is -3.39. The molecule has 0 spiro atoms. The van der Waals surface area contributed by atoms with Crippen molar-refractivity contribution in [1.82, 2.24) is 29.4 Å². The van der Waals surface area contributed by atoms with Gasteiger partial charge in [-0.05, 0) is 131 Å². The van der Waals surface area contributed by atoms with Gasteiger partial charge in [-0.2, -0.15) is 0 Å². The lowest BCUT2D eigenvalue weighted by molar-refractivity contribution is -0.111. The summed E-state index contributed by atoms with van der Waals surface area (Å²) in [5.41, 5.74) is 6.78. The van der Waals surface area contributed by atoms with E-state index in [1.165, 1.54) is 56.6 Å². The van der Waals surface area contributed by atoms with Crippen molar-refractivity contribution in [1.29, 1.82) is 0 Å². The number of amides is 4. The summed E-state index contributed by atoms with van der Waals surface area (Å²) < 4.78 is 24.5. The molecule has 2 saturated heterocycles. The lowest BCUT2D eigenvalue weighted by Gasteiger charge is -2.48. The molecule has 428 valence electrons. The molecule has 1 aliphatic carbocycles. The number of ether oxygens (including phenoxy) is 1. The summed E-state index contributed by atoms with van der Waals surface area (Å²) in [5.74, 6) is -0.702. The van der Waals surface area contributed by atoms with Crippen molar-refractivity contribution in [3.63, 3.8) is 0 Å². The highest BCUT2D eigenvalue weighted by molar-refractivity contribution is 7.46. The average Bonchev–Trinajstić information content (AvgIpc) is 2.69. The number of anilines is 7. The number of aliphatic hydroxyl groups excluding tert-OH is 1. The molecular weight excluding hydrogens is 1070 g/mol. The Bertz CT molecular complexity index is 3640. The standard InChI is InChI=1S/C59H67N12O10P/c1-9-51(73)64-45-26-37(63-52-54(80-8)62-31-46(65-52)41-15-18-61-53(44(41)33-72)70-23-22-69-48(57(70)76)25-36-29-58(4,5)30-49(36)69)10-13-47(45)68-21-20-66(32-35(68)3)38-16-19-67(34(2)24-38)39-11-12-42-43(27-39)56(75)71(55(42)74)40-14-17-60-50(28-40)59(6,7)81-82(77,78)79/h9-15,17-18,25-28,31,34-35,38,72H,1,16,19-24,29-30,32-33H2,2-8H3,(H,63,65)(H,64,73)(H2,77,78,79)/t34-,35-,38?/m0/s1. The highest BCUT2D eigenvalue weighted by Gasteiger charge is 2.42. The molecule has 11 rings (SSSR count). The van der Waals surface area contributed by atoms with Gasteiger partial charge in [-0.25, -0.2) is 24.4 Å². The molecule has 0 bridgehead atoms. The molecule has 5 aliphatic rings. The first-order valence-corrected chi connectivity index (χ1v) is 29.0. The molecule has 4 aromatic heterocycles. The number of aromatic nitrogens is 5. The number of hydrogen-bond donors (Lipinski definition) is 5. The van der Waals surface area contributed by atoms with E-state index in [4.69, 9.17) is 14.2 Å². The maximum absolute atomic E-state index is 14.1. The number of piperidine rings is 1. The first kappa shape index (κ1) is 56.0. The monoisotopic (exact) mass is 1130 g/mol. The van der Waals surface area contributed by atoms with Gasteiger partial charge in [0.1, 0.15) is 17.1 Å². The summed E-state index contributed by atoms with van der Waals surface area (Å²) in [5, 5.41) is 17.3. The van der Waals surface area contributed by atoms with Crippen LogP contribution < -0.4 is 35.0 Å². The van der Waals surface area contributed by atoms with Crippen LogP contribution in [0.25, 0.3) is 11.3 Å². The molecule has 3 atom stereocenters. The fraction of sp³-hybridized carbons (Fsp3) is 0.390. The highest BCUT2D eigenvalue weighted by Crippen LogP contribution is 2.46. The van der Waals surface area contributed by atoms with Crippen LogP contribution in [-0.4, -0.2) is 126 Å². The van der Waals surface area contributed by atoms with E-state index >= 15 is 0 Å². The molecule has 4 amide bonds. The molecule has 23 heteroatoms. The predicted molar refractivity (Wildman–Crippen MR) is 310 cm³/mol. The van der Waals surface area contributed by atoms with Crippen molar-refractivity contribution in [2.24, 2.45) is 5.41 Å². The van der Waals surface area contributed by atoms with Crippen LogP contribution in [0.15, 0.2) is 91.9 Å². The number of fused-ring (bicyclic) bond motifs is 4. The van der Waals surface area contributed by atoms with Crippen LogP contribution in [0.2, 0.25) is 0 Å². The topological polar surface area (TPSA) is 261 Å². The van der Waals surface area contributed by atoms with Gasteiger partial charge in [0.2, 0.25) is 5.91 Å². The van der Waals surface area contributed by atoms with Gasteiger partial charge in [-0.1, -0.05) is 20.4 Å². The summed E-state index contributed by atoms with van der Waals surface area (Å²) in [4.78, 5) is 102. The number of phosphoric acid groups is 1. The second-order valence-corrected chi connectivity index (χ2v) is 24.2. The number of nitrogens with zero attached hydrogens (tertiary/aromatic N) is 10. The van der Waals surface area contributed by atoms with Crippen molar-refractivity contribution in [2.45, 2.75) is 104 Å². The zero-order valence-electron chi connectivity index (χ0n) is 46.9. The number of hydrogen-bond acceptors (Lipinski definition) is 16. The van der Waals surface area contributed by atoms with Crippen LogP contribution in [0, 0.1) is 5.41 Å². The predicted octanol–water partition coefficient (Wildman–Crippen LogP) is 7.60. The summed E-state index contributed by atoms with van der Waals surface area (Å²) in [6, 6.07) is 18.2. The maximum atomic E-state index is 14.1. The van der Waals surface area contributed by atoms with Gasteiger partial charge in [0.25, 0.3) is 23.6 Å². The Morgan fingerprint density at radius 1 is 0.866 bits per heavy atom. The molecule has 6 aromatic rings. The molecule has 82 heavy (non-hydrogen) atoms. The zero-order chi connectivity index (χ0) is 58.2. The minimum absolute atomic E-state index is 0.0529. The Hall–Kier alpha value is -7.85. The van der Waals surface area contributed by atoms with E-state index in [1.54, 1.807) is 35.5 Å². The smallest absolute Gasteiger partial charge is 0.470 e. The third kappa shape index (κ3) is 10.5. The van der Waals surface area contributed by atoms with Gasteiger partial charge in [0.15, 0.2) is 5.82 Å². The van der Waals surface area contributed by atoms with Crippen LogP contribution in [0.1, 0.15) is 108 Å². The Labute approximate surface area is 475 Å². The van der Waals surface area contributed by atoms with Gasteiger partial charge in [0.05, 0.1) is 59.5 Å². The van der Waals surface area contributed by atoms with E-state index in [0.717, 1.165) is 61.6 Å². The van der Waals surface area contributed by atoms with Gasteiger partial charge >= 0.3 is 7.82 Å². The number of piperazine rings is 1. The van der Waals surface area contributed by atoms with Gasteiger partial charge in [-0.15, -0.1) is 0 Å². The van der Waals surface area contributed by atoms with Gasteiger partial charge < -0.3 is 44.6 Å². The third-order valence-electron chi connectivity index (χ3n) is 16.5. The van der Waals surface area contributed by atoms with Crippen LogP contribution >= 0.6 is 7.82 Å². The second-order valence-electron chi connectivity index (χ2n) is 23.0. The number of rotatable bonds is 15. The number of phosphoric ester groups is 1. The normalized spacial score (nSPS) is 20.0. The molecule has 2 aromatic carbocycles. The number of methoxy groups -OCH3 is 1. The maximum Gasteiger partial charge on any atom is 0.470 e. The first-order chi connectivity index (χ1) is 39.0. The summed E-state index contributed by atoms with van der Waals surface area (Å²) >= 11 is 0. The van der Waals surface area contributed by atoms with Crippen molar-refractivity contribution >= 4 is 71.5 Å². The number of carbonyl (C=O) groups is 4. The molecule has 0 radical (unpaired) electrons.